The van der Waals surface area contributed by atoms with Gasteiger partial charge in [-0.2, -0.15) is 0 Å². The van der Waals surface area contributed by atoms with Crippen LogP contribution in [0.4, 0.5) is 0 Å². The molecule has 2 unspecified atom stereocenters. The number of carbonyl (C=O) groups is 2. The second-order valence-electron chi connectivity index (χ2n) is 9.37. The molecule has 2 atom stereocenters. The number of amides is 2. The number of methoxy groups -OCH3 is 3. The summed E-state index contributed by atoms with van der Waals surface area (Å²) < 4.78 is 27.6. The molecule has 2 aliphatic rings. The van der Waals surface area contributed by atoms with E-state index in [1.807, 2.05) is 55.5 Å². The van der Waals surface area contributed by atoms with Crippen molar-refractivity contribution in [1.82, 2.24) is 10.2 Å². The molecule has 3 aromatic carbocycles. The van der Waals surface area contributed by atoms with Crippen molar-refractivity contribution in [3.8, 4) is 28.7 Å². The molecule has 9 nitrogen and oxygen atoms in total. The van der Waals surface area contributed by atoms with Gasteiger partial charge < -0.3 is 33.9 Å². The average molecular weight is 533 g/mol. The van der Waals surface area contributed by atoms with E-state index in [9.17, 15) is 9.59 Å². The largest absolute Gasteiger partial charge is 0.493 e. The molecular formula is C30H32N2O7. The molecule has 0 saturated carbocycles. The number of rotatable bonds is 9. The van der Waals surface area contributed by atoms with Crippen LogP contribution in [0.5, 0.6) is 28.7 Å². The fourth-order valence-electron chi connectivity index (χ4n) is 5.35. The van der Waals surface area contributed by atoms with E-state index in [0.29, 0.717) is 52.0 Å². The zero-order valence-electron chi connectivity index (χ0n) is 22.5. The second-order valence-corrected chi connectivity index (χ2v) is 9.37. The third-order valence-corrected chi connectivity index (χ3v) is 7.12. The molecule has 0 bridgehead atoms. The molecule has 204 valence electrons. The molecule has 5 rings (SSSR count). The van der Waals surface area contributed by atoms with Crippen molar-refractivity contribution in [3.63, 3.8) is 0 Å². The van der Waals surface area contributed by atoms with Crippen molar-refractivity contribution in [2.75, 3.05) is 34.7 Å². The van der Waals surface area contributed by atoms with Crippen LogP contribution < -0.4 is 29.0 Å². The SMILES string of the molecule is CCCN1C(=O)c2ccccc2C(C(=O)NCc2ccc3c(c2)OCO3)C1c1cc(OC)c(OC)c(OC)c1. The van der Waals surface area contributed by atoms with Crippen LogP contribution >= 0.6 is 0 Å². The van der Waals surface area contributed by atoms with Crippen molar-refractivity contribution in [1.29, 1.82) is 0 Å². The van der Waals surface area contributed by atoms with Gasteiger partial charge in [-0.3, -0.25) is 9.59 Å². The van der Waals surface area contributed by atoms with E-state index in [-0.39, 0.29) is 25.2 Å². The van der Waals surface area contributed by atoms with Crippen molar-refractivity contribution in [2.45, 2.75) is 31.8 Å². The highest BCUT2D eigenvalue weighted by Crippen LogP contribution is 2.47. The first-order chi connectivity index (χ1) is 19.0. The lowest BCUT2D eigenvalue weighted by Crippen LogP contribution is -2.47. The second kappa shape index (κ2) is 11.1. The molecule has 2 aliphatic heterocycles. The maximum absolute atomic E-state index is 14.0. The fourth-order valence-corrected chi connectivity index (χ4v) is 5.35. The highest BCUT2D eigenvalue weighted by atomic mass is 16.7. The molecular weight excluding hydrogens is 500 g/mol. The Labute approximate surface area is 227 Å². The highest BCUT2D eigenvalue weighted by Gasteiger charge is 2.44. The Balaban J connectivity index is 1.57. The lowest BCUT2D eigenvalue weighted by molar-refractivity contribution is -0.124. The van der Waals surface area contributed by atoms with Gasteiger partial charge in [0.1, 0.15) is 0 Å². The number of hydrogen-bond acceptors (Lipinski definition) is 7. The van der Waals surface area contributed by atoms with Crippen LogP contribution in [0.25, 0.3) is 0 Å². The average Bonchev–Trinajstić information content (AvgIpc) is 3.44. The number of fused-ring (bicyclic) bond motifs is 2. The Bertz CT molecular complexity index is 1360. The maximum Gasteiger partial charge on any atom is 0.254 e. The Morgan fingerprint density at radius 1 is 0.974 bits per heavy atom. The quantitative estimate of drug-likeness (QED) is 0.435. The van der Waals surface area contributed by atoms with Crippen LogP contribution in [0.2, 0.25) is 0 Å². The normalized spacial score (nSPS) is 17.4. The molecule has 0 fully saturated rings. The third kappa shape index (κ3) is 4.80. The first-order valence-corrected chi connectivity index (χ1v) is 12.9. The number of carbonyl (C=O) groups excluding carboxylic acids is 2. The minimum Gasteiger partial charge on any atom is -0.493 e. The Morgan fingerprint density at radius 3 is 2.38 bits per heavy atom. The summed E-state index contributed by atoms with van der Waals surface area (Å²) in [6.07, 6.45) is 0.723. The topological polar surface area (TPSA) is 95.6 Å². The van der Waals surface area contributed by atoms with E-state index in [0.717, 1.165) is 12.0 Å². The van der Waals surface area contributed by atoms with E-state index in [1.54, 1.807) is 25.2 Å². The van der Waals surface area contributed by atoms with Gasteiger partial charge in [-0.15, -0.1) is 0 Å². The van der Waals surface area contributed by atoms with Crippen molar-refractivity contribution >= 4 is 11.8 Å². The Kier molecular flexibility index (Phi) is 7.49. The number of nitrogens with zero attached hydrogens (tertiary/aromatic N) is 1. The van der Waals surface area contributed by atoms with Gasteiger partial charge in [0.25, 0.3) is 5.91 Å². The lowest BCUT2D eigenvalue weighted by Gasteiger charge is -2.42. The van der Waals surface area contributed by atoms with E-state index in [4.69, 9.17) is 23.7 Å². The number of hydrogen-bond donors (Lipinski definition) is 1. The molecule has 39 heavy (non-hydrogen) atoms. The van der Waals surface area contributed by atoms with Crippen molar-refractivity contribution < 1.29 is 33.3 Å². The molecule has 3 aromatic rings. The zero-order chi connectivity index (χ0) is 27.5. The smallest absolute Gasteiger partial charge is 0.254 e. The molecule has 9 heteroatoms. The minimum absolute atomic E-state index is 0.119. The van der Waals surface area contributed by atoms with Crippen molar-refractivity contribution in [2.24, 2.45) is 0 Å². The first kappa shape index (κ1) is 26.2. The summed E-state index contributed by atoms with van der Waals surface area (Å²) in [5, 5.41) is 3.10. The zero-order valence-corrected chi connectivity index (χ0v) is 22.5. The summed E-state index contributed by atoms with van der Waals surface area (Å²) in [6, 6.07) is 15.9. The van der Waals surface area contributed by atoms with Gasteiger partial charge in [-0.05, 0) is 53.4 Å². The predicted molar refractivity (Wildman–Crippen MR) is 144 cm³/mol. The van der Waals surface area contributed by atoms with Crippen LogP contribution in [0.15, 0.2) is 54.6 Å². The molecule has 1 N–H and O–H groups in total. The van der Waals surface area contributed by atoms with Crippen molar-refractivity contribution in [3.05, 3.63) is 76.9 Å². The van der Waals surface area contributed by atoms with Gasteiger partial charge in [0.05, 0.1) is 33.3 Å². The van der Waals surface area contributed by atoms with Crippen LogP contribution in [-0.2, 0) is 11.3 Å². The molecule has 2 heterocycles. The summed E-state index contributed by atoms with van der Waals surface area (Å²) in [5.74, 6) is 1.68. The lowest BCUT2D eigenvalue weighted by atomic mass is 9.79. The van der Waals surface area contributed by atoms with Gasteiger partial charge in [0.15, 0.2) is 23.0 Å². The molecule has 2 amide bonds. The maximum atomic E-state index is 14.0. The standard InChI is InChI=1S/C30H32N2O7/c1-5-12-32-27(19-14-24(35-2)28(37-4)25(15-19)36-3)26(20-8-6-7-9-21(20)30(32)34)29(33)31-16-18-10-11-22-23(13-18)39-17-38-22/h6-11,13-15,26-27H,5,12,16-17H2,1-4H3,(H,31,33). The van der Waals surface area contributed by atoms with Crippen LogP contribution in [0, 0.1) is 0 Å². The number of nitrogens with one attached hydrogen (secondary N) is 1. The van der Waals surface area contributed by atoms with Gasteiger partial charge in [0, 0.05) is 18.7 Å². The van der Waals surface area contributed by atoms with E-state index < -0.39 is 12.0 Å². The van der Waals surface area contributed by atoms with Gasteiger partial charge >= 0.3 is 0 Å². The summed E-state index contributed by atoms with van der Waals surface area (Å²) in [7, 11) is 4.62. The first-order valence-electron chi connectivity index (χ1n) is 12.9. The Hall–Kier alpha value is -4.40. The fraction of sp³-hybridized carbons (Fsp3) is 0.333. The van der Waals surface area contributed by atoms with E-state index >= 15 is 0 Å². The molecule has 0 saturated heterocycles. The van der Waals surface area contributed by atoms with Crippen LogP contribution in [-0.4, -0.2) is 51.4 Å². The molecule has 0 aromatic heterocycles. The summed E-state index contributed by atoms with van der Waals surface area (Å²) in [6.45, 7) is 2.95. The third-order valence-electron chi connectivity index (χ3n) is 7.12. The van der Waals surface area contributed by atoms with E-state index in [2.05, 4.69) is 5.32 Å². The van der Waals surface area contributed by atoms with Crippen LogP contribution in [0.1, 0.15) is 52.4 Å². The van der Waals surface area contributed by atoms with Gasteiger partial charge in [-0.1, -0.05) is 31.2 Å². The van der Waals surface area contributed by atoms with Gasteiger partial charge in [0.2, 0.25) is 18.4 Å². The number of ether oxygens (including phenoxy) is 5. The van der Waals surface area contributed by atoms with Crippen LogP contribution in [0.3, 0.4) is 0 Å². The molecule has 0 aliphatic carbocycles. The molecule has 0 spiro atoms. The predicted octanol–water partition coefficient (Wildman–Crippen LogP) is 4.45. The molecule has 0 radical (unpaired) electrons. The summed E-state index contributed by atoms with van der Waals surface area (Å²) in [4.78, 5) is 29.6. The number of benzene rings is 3. The van der Waals surface area contributed by atoms with E-state index in [1.165, 1.54) is 7.11 Å². The summed E-state index contributed by atoms with van der Waals surface area (Å²) >= 11 is 0. The highest BCUT2D eigenvalue weighted by molar-refractivity contribution is 6.01. The van der Waals surface area contributed by atoms with Gasteiger partial charge in [-0.25, -0.2) is 0 Å². The Morgan fingerprint density at radius 2 is 1.69 bits per heavy atom. The monoisotopic (exact) mass is 532 g/mol. The summed E-state index contributed by atoms with van der Waals surface area (Å²) in [5.41, 5.74) is 2.79. The minimum atomic E-state index is -0.678.